The van der Waals surface area contributed by atoms with Crippen molar-refractivity contribution in [1.82, 2.24) is 0 Å². The molecule has 9 aromatic carbocycles. The van der Waals surface area contributed by atoms with Gasteiger partial charge in [-0.3, -0.25) is 0 Å². The molecule has 0 saturated heterocycles. The van der Waals surface area contributed by atoms with E-state index in [1.165, 1.54) is 100 Å². The summed E-state index contributed by atoms with van der Waals surface area (Å²) in [6.45, 7) is 0. The lowest BCUT2D eigenvalue weighted by Crippen LogP contribution is -2.35. The maximum Gasteiger partial charge on any atom is 0.0991 e. The van der Waals surface area contributed by atoms with Gasteiger partial charge in [-0.2, -0.15) is 10.5 Å². The maximum absolute atomic E-state index is 9.90. The second kappa shape index (κ2) is 13.6. The molecule has 1 aliphatic heterocycles. The molecule has 2 atom stereocenters. The molecule has 3 aliphatic carbocycles. The minimum absolute atomic E-state index is 0.0879. The zero-order valence-electron chi connectivity index (χ0n) is 34.3. The van der Waals surface area contributed by atoms with Gasteiger partial charge in [0.25, 0.3) is 0 Å². The van der Waals surface area contributed by atoms with Gasteiger partial charge in [0.15, 0.2) is 0 Å². The third kappa shape index (κ3) is 5.24. The number of anilines is 2. The van der Waals surface area contributed by atoms with Crippen LogP contribution in [0.1, 0.15) is 62.0 Å². The van der Waals surface area contributed by atoms with Gasteiger partial charge in [0.05, 0.1) is 29.3 Å². The fourth-order valence-corrected chi connectivity index (χ4v) is 11.5. The van der Waals surface area contributed by atoms with Crippen LogP contribution in [0, 0.1) is 22.7 Å². The van der Waals surface area contributed by atoms with Crippen molar-refractivity contribution in [3.8, 4) is 78.9 Å². The van der Waals surface area contributed by atoms with Crippen molar-refractivity contribution in [2.75, 3.05) is 4.90 Å². The standard InChI is InChI=1S/C60H37N3/c61-34-36-18-22-38(23-19-36)58-52-28-24-41(48-14-5-10-43-30-39-8-1-3-12-46(39)56(43)48)32-53(52)50-16-7-17-51-54-33-42(49-15-6-11-44-31-40-9-2-4-13-47(40)57(44)49)25-29-55(54)63(60(58)59(50)51)45-26-20-37(35-62)21-27-45/h1-29,32-33,58,60H,30-31H2. The van der Waals surface area contributed by atoms with E-state index in [1.54, 1.807) is 0 Å². The average Bonchev–Trinajstić information content (AvgIpc) is 3.93. The van der Waals surface area contributed by atoms with Crippen LogP contribution in [0.15, 0.2) is 188 Å². The van der Waals surface area contributed by atoms with E-state index in [0.717, 1.165) is 29.8 Å². The third-order valence-corrected chi connectivity index (χ3v) is 14.2. The molecule has 63 heavy (non-hydrogen) atoms. The Hall–Kier alpha value is -8.24. The largest absolute Gasteiger partial charge is 0.332 e. The van der Waals surface area contributed by atoms with E-state index in [4.69, 9.17) is 0 Å². The number of benzene rings is 9. The van der Waals surface area contributed by atoms with Gasteiger partial charge in [0.2, 0.25) is 0 Å². The Labute approximate surface area is 367 Å². The number of hydrogen-bond acceptors (Lipinski definition) is 3. The fourth-order valence-electron chi connectivity index (χ4n) is 11.5. The zero-order chi connectivity index (χ0) is 41.8. The van der Waals surface area contributed by atoms with Crippen molar-refractivity contribution >= 4 is 11.4 Å². The van der Waals surface area contributed by atoms with Gasteiger partial charge >= 0.3 is 0 Å². The van der Waals surface area contributed by atoms with Crippen LogP contribution in [0.25, 0.3) is 66.8 Å². The minimum Gasteiger partial charge on any atom is -0.332 e. The normalized spacial score (nSPS) is 15.4. The molecule has 2 unspecified atom stereocenters. The third-order valence-electron chi connectivity index (χ3n) is 14.2. The summed E-state index contributed by atoms with van der Waals surface area (Å²) in [5.74, 6) is -0.0879. The summed E-state index contributed by atoms with van der Waals surface area (Å²) in [5, 5.41) is 19.8. The summed E-state index contributed by atoms with van der Waals surface area (Å²) < 4.78 is 0. The molecule has 0 N–H and O–H groups in total. The molecule has 3 nitrogen and oxygen atoms in total. The lowest BCUT2D eigenvalue weighted by atomic mass is 9.67. The monoisotopic (exact) mass is 799 g/mol. The van der Waals surface area contributed by atoms with E-state index < -0.39 is 0 Å². The number of hydrogen-bond donors (Lipinski definition) is 0. The van der Waals surface area contributed by atoms with Crippen LogP contribution in [-0.4, -0.2) is 0 Å². The Kier molecular flexibility index (Phi) is 7.69. The highest BCUT2D eigenvalue weighted by Crippen LogP contribution is 2.61. The van der Waals surface area contributed by atoms with Crippen LogP contribution >= 0.6 is 0 Å². The Morgan fingerprint density at radius 3 is 1.52 bits per heavy atom. The maximum atomic E-state index is 9.90. The molecule has 3 heteroatoms. The molecule has 4 aliphatic rings. The zero-order valence-corrected chi connectivity index (χ0v) is 34.3. The van der Waals surface area contributed by atoms with Gasteiger partial charge in [0.1, 0.15) is 0 Å². The molecule has 0 radical (unpaired) electrons. The number of rotatable bonds is 4. The summed E-state index contributed by atoms with van der Waals surface area (Å²) in [7, 11) is 0. The molecule has 1 heterocycles. The van der Waals surface area contributed by atoms with Gasteiger partial charge < -0.3 is 4.90 Å². The van der Waals surface area contributed by atoms with Gasteiger partial charge in [-0.25, -0.2) is 0 Å². The molecular formula is C60H37N3. The lowest BCUT2D eigenvalue weighted by molar-refractivity contribution is 0.601. The van der Waals surface area contributed by atoms with Gasteiger partial charge in [-0.15, -0.1) is 0 Å². The first-order valence-electron chi connectivity index (χ1n) is 21.8. The highest BCUT2D eigenvalue weighted by atomic mass is 15.2. The molecule has 0 fully saturated rings. The molecule has 9 aromatic rings. The van der Waals surface area contributed by atoms with Crippen molar-refractivity contribution in [1.29, 1.82) is 10.5 Å². The van der Waals surface area contributed by atoms with E-state index in [0.29, 0.717) is 11.1 Å². The molecule has 13 rings (SSSR count). The van der Waals surface area contributed by atoms with Crippen molar-refractivity contribution in [3.63, 3.8) is 0 Å². The predicted octanol–water partition coefficient (Wildman–Crippen LogP) is 14.6. The first kappa shape index (κ1) is 35.5. The minimum atomic E-state index is -0.130. The van der Waals surface area contributed by atoms with Gasteiger partial charge in [0, 0.05) is 22.9 Å². The molecule has 0 aromatic heterocycles. The SMILES string of the molecule is N#Cc1ccc(C2c3ccc(-c4cccc5c4-c4ccccc4C5)cc3-c3cccc4c3C2N(c2ccc(C#N)cc2)c2ccc(-c3cccc5c3-c3ccccc3C5)cc2-4)cc1. The van der Waals surface area contributed by atoms with Crippen LogP contribution in [-0.2, 0) is 12.8 Å². The van der Waals surface area contributed by atoms with Crippen molar-refractivity contribution in [3.05, 3.63) is 238 Å². The van der Waals surface area contributed by atoms with Crippen LogP contribution < -0.4 is 4.90 Å². The summed E-state index contributed by atoms with van der Waals surface area (Å²) in [5.41, 5.74) is 27.7. The molecular weight excluding hydrogens is 763 g/mol. The van der Waals surface area contributed by atoms with Crippen molar-refractivity contribution in [2.24, 2.45) is 0 Å². The van der Waals surface area contributed by atoms with Crippen LogP contribution in [0.4, 0.5) is 11.4 Å². The van der Waals surface area contributed by atoms with Crippen LogP contribution in [0.2, 0.25) is 0 Å². The van der Waals surface area contributed by atoms with E-state index in [1.807, 2.05) is 24.3 Å². The van der Waals surface area contributed by atoms with E-state index >= 15 is 0 Å². The van der Waals surface area contributed by atoms with Crippen LogP contribution in [0.3, 0.4) is 0 Å². The number of nitrogens with zero attached hydrogens (tertiary/aromatic N) is 3. The summed E-state index contributed by atoms with van der Waals surface area (Å²) in [6, 6.07) is 73.1. The number of fused-ring (bicyclic) bond motifs is 10. The Morgan fingerprint density at radius 2 is 0.905 bits per heavy atom. The van der Waals surface area contributed by atoms with Crippen molar-refractivity contribution < 1.29 is 0 Å². The molecule has 292 valence electrons. The molecule has 0 spiro atoms. The second-order valence-electron chi connectivity index (χ2n) is 17.3. The van der Waals surface area contributed by atoms with Crippen molar-refractivity contribution in [2.45, 2.75) is 24.8 Å². The topological polar surface area (TPSA) is 50.8 Å². The van der Waals surface area contributed by atoms with Gasteiger partial charge in [-0.05, 0) is 168 Å². The summed E-state index contributed by atoms with van der Waals surface area (Å²) in [6.07, 6.45) is 1.89. The average molecular weight is 800 g/mol. The van der Waals surface area contributed by atoms with Crippen LogP contribution in [0.5, 0.6) is 0 Å². The van der Waals surface area contributed by atoms with E-state index in [-0.39, 0.29) is 12.0 Å². The second-order valence-corrected chi connectivity index (χ2v) is 17.3. The summed E-state index contributed by atoms with van der Waals surface area (Å²) >= 11 is 0. The van der Waals surface area contributed by atoms with Gasteiger partial charge in [-0.1, -0.05) is 133 Å². The Balaban J connectivity index is 1.07. The fraction of sp³-hybridized carbons (Fsp3) is 0.0667. The first-order valence-corrected chi connectivity index (χ1v) is 21.8. The first-order chi connectivity index (χ1) is 31.1. The highest BCUT2D eigenvalue weighted by Gasteiger charge is 2.44. The predicted molar refractivity (Wildman–Crippen MR) is 254 cm³/mol. The summed E-state index contributed by atoms with van der Waals surface area (Å²) in [4.78, 5) is 2.53. The van der Waals surface area contributed by atoms with E-state index in [9.17, 15) is 10.5 Å². The Bertz CT molecular complexity index is 3260. The Morgan fingerprint density at radius 1 is 0.413 bits per heavy atom. The quantitative estimate of drug-likeness (QED) is 0.178. The smallest absolute Gasteiger partial charge is 0.0991 e. The number of nitriles is 2. The molecule has 0 amide bonds. The highest BCUT2D eigenvalue weighted by molar-refractivity contribution is 6.00. The lowest BCUT2D eigenvalue weighted by Gasteiger charge is -2.48. The molecule has 0 bridgehead atoms. The van der Waals surface area contributed by atoms with E-state index in [2.05, 4.69) is 181 Å². The molecule has 0 saturated carbocycles.